The minimum atomic E-state index is -3.36. The molecule has 4 rings (SSSR count). The van der Waals surface area contributed by atoms with Crippen LogP contribution in [-0.2, 0) is 9.84 Å². The molecule has 10 heteroatoms. The topological polar surface area (TPSA) is 89.2 Å². The zero-order valence-electron chi connectivity index (χ0n) is 17.2. The molecule has 2 N–H and O–H groups in total. The van der Waals surface area contributed by atoms with E-state index >= 15 is 0 Å². The minimum absolute atomic E-state index is 0.0667. The van der Waals surface area contributed by atoms with Crippen LogP contribution in [0.3, 0.4) is 0 Å². The van der Waals surface area contributed by atoms with Gasteiger partial charge in [0, 0.05) is 49.0 Å². The third kappa shape index (κ3) is 4.46. The van der Waals surface area contributed by atoms with E-state index in [1.807, 2.05) is 4.90 Å². The Labute approximate surface area is 183 Å². The molecule has 0 spiro atoms. The second-order valence-electron chi connectivity index (χ2n) is 7.85. The van der Waals surface area contributed by atoms with Gasteiger partial charge in [0.25, 0.3) is 0 Å². The van der Waals surface area contributed by atoms with Crippen molar-refractivity contribution in [2.75, 3.05) is 24.2 Å². The molecular weight excluding hydrogens is 441 g/mol. The Balaban J connectivity index is 1.56. The lowest BCUT2D eigenvalue weighted by Gasteiger charge is -2.37. The predicted octanol–water partition coefficient (Wildman–Crippen LogP) is 3.29. The van der Waals surface area contributed by atoms with Crippen LogP contribution < -0.4 is 10.6 Å². The zero-order chi connectivity index (χ0) is 23.0. The number of nitrogens with zero attached hydrogens (tertiary/aromatic N) is 3. The predicted molar refractivity (Wildman–Crippen MR) is 114 cm³/mol. The van der Waals surface area contributed by atoms with Crippen LogP contribution in [0.1, 0.15) is 17.9 Å². The standard InChI is InChI=1S/C22H21F3N4O2S/c1-32(30,31)14-4-2-3-13(7-14)21-10-22(28-12-27-21)29-6-5-15(20(26)11-29)16-8-18(24)19(25)9-17(16)23/h2-4,7-10,12,15,20H,5-6,11,26H2,1H3. The Morgan fingerprint density at radius 1 is 1.03 bits per heavy atom. The lowest BCUT2D eigenvalue weighted by atomic mass is 9.85. The van der Waals surface area contributed by atoms with Gasteiger partial charge in [0.05, 0.1) is 10.6 Å². The number of hydrogen-bond donors (Lipinski definition) is 1. The zero-order valence-corrected chi connectivity index (χ0v) is 18.0. The molecule has 6 nitrogen and oxygen atoms in total. The maximum atomic E-state index is 14.2. The molecule has 0 bridgehead atoms. The normalized spacial score (nSPS) is 19.2. The summed E-state index contributed by atoms with van der Waals surface area (Å²) >= 11 is 0. The highest BCUT2D eigenvalue weighted by molar-refractivity contribution is 7.90. The van der Waals surface area contributed by atoms with Gasteiger partial charge in [0.1, 0.15) is 18.0 Å². The fraction of sp³-hybridized carbons (Fsp3) is 0.273. The van der Waals surface area contributed by atoms with E-state index in [1.165, 1.54) is 12.4 Å². The summed E-state index contributed by atoms with van der Waals surface area (Å²) in [6.07, 6.45) is 2.94. The maximum Gasteiger partial charge on any atom is 0.175 e. The van der Waals surface area contributed by atoms with Crippen LogP contribution in [0.5, 0.6) is 0 Å². The second kappa shape index (κ2) is 8.51. The number of anilines is 1. The van der Waals surface area contributed by atoms with Crippen LogP contribution in [0.25, 0.3) is 11.3 Å². The first-order chi connectivity index (χ1) is 15.1. The molecule has 0 amide bonds. The average molecular weight is 462 g/mol. The molecule has 0 radical (unpaired) electrons. The van der Waals surface area contributed by atoms with Gasteiger partial charge in [-0.25, -0.2) is 31.6 Å². The Hall–Kier alpha value is -2.98. The molecule has 1 aromatic heterocycles. The van der Waals surface area contributed by atoms with Crippen molar-refractivity contribution < 1.29 is 21.6 Å². The van der Waals surface area contributed by atoms with E-state index in [2.05, 4.69) is 9.97 Å². The number of halogens is 3. The van der Waals surface area contributed by atoms with E-state index < -0.39 is 39.2 Å². The van der Waals surface area contributed by atoms with Gasteiger partial charge in [-0.2, -0.15) is 0 Å². The first-order valence-electron chi connectivity index (χ1n) is 9.91. The van der Waals surface area contributed by atoms with Crippen molar-refractivity contribution in [3.05, 3.63) is 71.8 Å². The Bertz CT molecular complexity index is 1270. The van der Waals surface area contributed by atoms with Crippen molar-refractivity contribution in [1.29, 1.82) is 0 Å². The molecule has 0 aliphatic carbocycles. The van der Waals surface area contributed by atoms with Crippen LogP contribution in [0.2, 0.25) is 0 Å². The molecule has 0 saturated carbocycles. The monoisotopic (exact) mass is 462 g/mol. The summed E-state index contributed by atoms with van der Waals surface area (Å²) in [4.78, 5) is 10.6. The van der Waals surface area contributed by atoms with Crippen molar-refractivity contribution in [1.82, 2.24) is 9.97 Å². The fourth-order valence-electron chi connectivity index (χ4n) is 3.96. The first kappa shape index (κ1) is 22.2. The largest absolute Gasteiger partial charge is 0.355 e. The van der Waals surface area contributed by atoms with E-state index in [0.29, 0.717) is 42.7 Å². The molecule has 1 saturated heterocycles. The number of hydrogen-bond acceptors (Lipinski definition) is 6. The van der Waals surface area contributed by atoms with Crippen LogP contribution in [0, 0.1) is 17.5 Å². The smallest absolute Gasteiger partial charge is 0.175 e. The van der Waals surface area contributed by atoms with Crippen molar-refractivity contribution in [2.45, 2.75) is 23.3 Å². The van der Waals surface area contributed by atoms with Gasteiger partial charge in [-0.15, -0.1) is 0 Å². The number of benzene rings is 2. The van der Waals surface area contributed by atoms with Gasteiger partial charge in [-0.3, -0.25) is 0 Å². The van der Waals surface area contributed by atoms with Crippen molar-refractivity contribution in [3.8, 4) is 11.3 Å². The number of nitrogens with two attached hydrogens (primary N) is 1. The SMILES string of the molecule is CS(=O)(=O)c1cccc(-c2cc(N3CCC(c4cc(F)c(F)cc4F)C(N)C3)ncn2)c1. The summed E-state index contributed by atoms with van der Waals surface area (Å²) in [6, 6.07) is 9.08. The first-order valence-corrected chi connectivity index (χ1v) is 11.8. The molecule has 32 heavy (non-hydrogen) atoms. The molecule has 3 aromatic rings. The number of piperidine rings is 1. The Morgan fingerprint density at radius 2 is 1.78 bits per heavy atom. The van der Waals surface area contributed by atoms with E-state index in [1.54, 1.807) is 24.3 Å². The van der Waals surface area contributed by atoms with E-state index in [0.717, 1.165) is 12.3 Å². The average Bonchev–Trinajstić information content (AvgIpc) is 2.76. The van der Waals surface area contributed by atoms with Crippen LogP contribution in [0.15, 0.2) is 53.7 Å². The third-order valence-electron chi connectivity index (χ3n) is 5.63. The lowest BCUT2D eigenvalue weighted by molar-refractivity contribution is 0.416. The van der Waals surface area contributed by atoms with Gasteiger partial charge in [-0.1, -0.05) is 12.1 Å². The lowest BCUT2D eigenvalue weighted by Crippen LogP contribution is -2.48. The molecule has 1 fully saturated rings. The summed E-state index contributed by atoms with van der Waals surface area (Å²) < 4.78 is 64.8. The molecule has 2 heterocycles. The Kier molecular flexibility index (Phi) is 5.91. The van der Waals surface area contributed by atoms with E-state index in [9.17, 15) is 21.6 Å². The molecular formula is C22H21F3N4O2S. The van der Waals surface area contributed by atoms with E-state index in [-0.39, 0.29) is 10.5 Å². The molecule has 2 aromatic carbocycles. The van der Waals surface area contributed by atoms with Crippen molar-refractivity contribution >= 4 is 15.7 Å². The summed E-state index contributed by atoms with van der Waals surface area (Å²) in [5.41, 5.74) is 7.51. The summed E-state index contributed by atoms with van der Waals surface area (Å²) in [6.45, 7) is 0.791. The van der Waals surface area contributed by atoms with Crippen LogP contribution >= 0.6 is 0 Å². The molecule has 1 aliphatic rings. The number of sulfone groups is 1. The third-order valence-corrected chi connectivity index (χ3v) is 6.74. The van der Waals surface area contributed by atoms with Gasteiger partial charge in [-0.05, 0) is 30.2 Å². The molecule has 2 unspecified atom stereocenters. The summed E-state index contributed by atoms with van der Waals surface area (Å²) in [7, 11) is -3.36. The maximum absolute atomic E-state index is 14.2. The quantitative estimate of drug-likeness (QED) is 0.599. The Morgan fingerprint density at radius 3 is 2.50 bits per heavy atom. The molecule has 2 atom stereocenters. The van der Waals surface area contributed by atoms with E-state index in [4.69, 9.17) is 5.73 Å². The fourth-order valence-corrected chi connectivity index (χ4v) is 4.63. The number of aromatic nitrogens is 2. The second-order valence-corrected chi connectivity index (χ2v) is 9.87. The minimum Gasteiger partial charge on any atom is -0.355 e. The summed E-state index contributed by atoms with van der Waals surface area (Å²) in [5.74, 6) is -3.03. The molecule has 168 valence electrons. The van der Waals surface area contributed by atoms with Crippen LogP contribution in [-0.4, -0.2) is 43.8 Å². The van der Waals surface area contributed by atoms with Crippen molar-refractivity contribution in [3.63, 3.8) is 0 Å². The van der Waals surface area contributed by atoms with Gasteiger partial charge in [0.2, 0.25) is 0 Å². The van der Waals surface area contributed by atoms with Crippen LogP contribution in [0.4, 0.5) is 19.0 Å². The highest BCUT2D eigenvalue weighted by Gasteiger charge is 2.31. The highest BCUT2D eigenvalue weighted by Crippen LogP contribution is 2.32. The summed E-state index contributed by atoms with van der Waals surface area (Å²) in [5, 5.41) is 0. The number of rotatable bonds is 4. The molecule has 1 aliphatic heterocycles. The van der Waals surface area contributed by atoms with Gasteiger partial charge in [0.15, 0.2) is 21.5 Å². The van der Waals surface area contributed by atoms with Crippen molar-refractivity contribution in [2.24, 2.45) is 5.73 Å². The highest BCUT2D eigenvalue weighted by atomic mass is 32.2. The van der Waals surface area contributed by atoms with Gasteiger partial charge < -0.3 is 10.6 Å². The van der Waals surface area contributed by atoms with Gasteiger partial charge >= 0.3 is 0 Å².